The number of carboxylic acids is 1. The quantitative estimate of drug-likeness (QED) is 0.562. The van der Waals surface area contributed by atoms with E-state index in [4.69, 9.17) is 16.7 Å². The molecular formula is C15H19ClN2O7S3. The predicted octanol–water partition coefficient (Wildman–Crippen LogP) is 1.12. The van der Waals surface area contributed by atoms with Gasteiger partial charge >= 0.3 is 5.97 Å². The fourth-order valence-electron chi connectivity index (χ4n) is 2.76. The van der Waals surface area contributed by atoms with E-state index in [1.807, 2.05) is 0 Å². The van der Waals surface area contributed by atoms with E-state index in [0.29, 0.717) is 30.2 Å². The van der Waals surface area contributed by atoms with Crippen LogP contribution in [-0.4, -0.2) is 57.1 Å². The molecular weight excluding hydrogens is 452 g/mol. The van der Waals surface area contributed by atoms with Gasteiger partial charge in [-0.2, -0.15) is 0 Å². The Balaban J connectivity index is 2.13. The lowest BCUT2D eigenvalue weighted by molar-refractivity contribution is -0.149. The van der Waals surface area contributed by atoms with Crippen molar-refractivity contribution >= 4 is 53.2 Å². The first-order chi connectivity index (χ1) is 12.8. The van der Waals surface area contributed by atoms with E-state index in [-0.39, 0.29) is 15.7 Å². The molecule has 1 aliphatic heterocycles. The van der Waals surface area contributed by atoms with Crippen LogP contribution >= 0.6 is 22.4 Å². The summed E-state index contributed by atoms with van der Waals surface area (Å²) in [6.07, 6.45) is 0.933. The van der Waals surface area contributed by atoms with Gasteiger partial charge in [-0.1, -0.05) is 18.5 Å². The molecule has 0 saturated carbocycles. The molecule has 2 rings (SSSR count). The molecule has 9 nitrogen and oxygen atoms in total. The van der Waals surface area contributed by atoms with Gasteiger partial charge in [0, 0.05) is 18.2 Å². The van der Waals surface area contributed by atoms with Gasteiger partial charge in [0.1, 0.15) is 10.9 Å². The van der Waals surface area contributed by atoms with Crippen LogP contribution in [-0.2, 0) is 28.5 Å². The zero-order chi connectivity index (χ0) is 21.3. The summed E-state index contributed by atoms with van der Waals surface area (Å²) in [6.45, 7) is 1.83. The van der Waals surface area contributed by atoms with Crippen LogP contribution in [0.25, 0.3) is 0 Å². The number of rotatable bonds is 7. The number of carbonyl (C=O) groups is 2. The highest BCUT2D eigenvalue weighted by atomic mass is 35.5. The van der Waals surface area contributed by atoms with Crippen molar-refractivity contribution in [1.29, 1.82) is 0 Å². The number of hydrogen-bond acceptors (Lipinski definition) is 7. The van der Waals surface area contributed by atoms with Gasteiger partial charge in [-0.15, -0.1) is 0 Å². The fourth-order valence-corrected chi connectivity index (χ4v) is 6.93. The van der Waals surface area contributed by atoms with E-state index in [1.54, 1.807) is 0 Å². The third-order valence-corrected chi connectivity index (χ3v) is 9.30. The molecule has 3 N–H and O–H groups in total. The van der Waals surface area contributed by atoms with E-state index < -0.39 is 47.6 Å². The SMILES string of the molecule is CC(CSS(=O)(=O)c1ccc(Cl)c(S(N)(=O)=O)c1)C(=O)N1CCC[C@H]1C(=O)O. The Morgan fingerprint density at radius 2 is 2.00 bits per heavy atom. The Kier molecular flexibility index (Phi) is 7.03. The van der Waals surface area contributed by atoms with Crippen molar-refractivity contribution in [3.05, 3.63) is 23.2 Å². The van der Waals surface area contributed by atoms with Gasteiger partial charge in [0.15, 0.2) is 0 Å². The lowest BCUT2D eigenvalue weighted by atomic mass is 10.1. The molecule has 156 valence electrons. The number of aliphatic carboxylic acids is 1. The van der Waals surface area contributed by atoms with E-state index in [2.05, 4.69) is 0 Å². The number of hydrogen-bond donors (Lipinski definition) is 2. The van der Waals surface area contributed by atoms with Crippen molar-refractivity contribution in [2.45, 2.75) is 35.6 Å². The number of benzene rings is 1. The van der Waals surface area contributed by atoms with Crippen molar-refractivity contribution in [3.63, 3.8) is 0 Å². The Morgan fingerprint density at radius 1 is 1.36 bits per heavy atom. The van der Waals surface area contributed by atoms with Crippen LogP contribution < -0.4 is 5.14 Å². The summed E-state index contributed by atoms with van der Waals surface area (Å²) in [7, 11) is -7.74. The van der Waals surface area contributed by atoms with E-state index in [1.165, 1.54) is 11.8 Å². The molecule has 1 aliphatic rings. The first-order valence-corrected chi connectivity index (χ1v) is 13.0. The van der Waals surface area contributed by atoms with Crippen LogP contribution in [0.15, 0.2) is 28.0 Å². The van der Waals surface area contributed by atoms with Crippen molar-refractivity contribution in [2.24, 2.45) is 11.1 Å². The summed E-state index contributed by atoms with van der Waals surface area (Å²) in [5.74, 6) is -2.40. The molecule has 0 radical (unpaired) electrons. The van der Waals surface area contributed by atoms with Crippen LogP contribution in [0, 0.1) is 5.92 Å². The Bertz CT molecular complexity index is 995. The third kappa shape index (κ3) is 5.17. The molecule has 0 aliphatic carbocycles. The minimum absolute atomic E-state index is 0.128. The fraction of sp³-hybridized carbons (Fsp3) is 0.467. The molecule has 1 saturated heterocycles. The van der Waals surface area contributed by atoms with Crippen LogP contribution in [0.3, 0.4) is 0 Å². The molecule has 1 amide bonds. The van der Waals surface area contributed by atoms with Crippen molar-refractivity contribution in [1.82, 2.24) is 4.90 Å². The normalized spacial score (nSPS) is 18.8. The van der Waals surface area contributed by atoms with E-state index >= 15 is 0 Å². The van der Waals surface area contributed by atoms with Crippen LogP contribution in [0.4, 0.5) is 0 Å². The first-order valence-electron chi connectivity index (χ1n) is 8.09. The lowest BCUT2D eigenvalue weighted by Gasteiger charge is -2.24. The second-order valence-corrected chi connectivity index (χ2v) is 12.2. The Labute approximate surface area is 171 Å². The lowest BCUT2D eigenvalue weighted by Crippen LogP contribution is -2.43. The zero-order valence-corrected chi connectivity index (χ0v) is 17.9. The summed E-state index contributed by atoms with van der Waals surface area (Å²) in [4.78, 5) is 24.1. The minimum Gasteiger partial charge on any atom is -0.480 e. The summed E-state index contributed by atoms with van der Waals surface area (Å²) >= 11 is 5.75. The maximum Gasteiger partial charge on any atom is 0.326 e. The molecule has 2 atom stereocenters. The second-order valence-electron chi connectivity index (χ2n) is 6.30. The summed E-state index contributed by atoms with van der Waals surface area (Å²) < 4.78 is 48.0. The van der Waals surface area contributed by atoms with Crippen LogP contribution in [0.1, 0.15) is 19.8 Å². The van der Waals surface area contributed by atoms with Gasteiger partial charge in [0.2, 0.25) is 24.8 Å². The summed E-state index contributed by atoms with van der Waals surface area (Å²) in [5, 5.41) is 14.0. The Morgan fingerprint density at radius 3 is 2.57 bits per heavy atom. The minimum atomic E-state index is -4.21. The molecule has 13 heteroatoms. The third-order valence-electron chi connectivity index (χ3n) is 4.21. The van der Waals surface area contributed by atoms with Gasteiger partial charge in [0.05, 0.1) is 9.92 Å². The number of likely N-dealkylation sites (tertiary alicyclic amines) is 1. The second kappa shape index (κ2) is 8.57. The number of nitrogens with zero attached hydrogens (tertiary/aromatic N) is 1. The first kappa shape index (κ1) is 22.9. The molecule has 0 aromatic heterocycles. The van der Waals surface area contributed by atoms with Gasteiger partial charge in [-0.3, -0.25) is 4.79 Å². The van der Waals surface area contributed by atoms with Gasteiger partial charge < -0.3 is 10.0 Å². The number of sulfonamides is 1. The monoisotopic (exact) mass is 470 g/mol. The molecule has 0 spiro atoms. The number of primary sulfonamides is 1. The van der Waals surface area contributed by atoms with E-state index in [9.17, 15) is 31.5 Å². The number of carbonyl (C=O) groups excluding carboxylic acids is 1. The molecule has 0 bridgehead atoms. The number of carboxylic acid groups (broad SMARTS) is 1. The number of halogens is 1. The standard InChI is InChI=1S/C15H19ClN2O7S3/c1-9(14(19)18-6-2-3-12(18)15(20)21)8-26-28(24,25)10-4-5-11(16)13(7-10)27(17,22)23/h4-5,7,9,12H,2-3,6,8H2,1H3,(H,20,21)(H2,17,22,23)/t9?,12-/m0/s1. The van der Waals surface area contributed by atoms with Crippen LogP contribution in [0.5, 0.6) is 0 Å². The van der Waals surface area contributed by atoms with Crippen molar-refractivity contribution in [2.75, 3.05) is 12.3 Å². The zero-order valence-electron chi connectivity index (χ0n) is 14.7. The number of amides is 1. The molecule has 1 aromatic carbocycles. The van der Waals surface area contributed by atoms with Crippen molar-refractivity contribution < 1.29 is 31.5 Å². The average Bonchev–Trinajstić information content (AvgIpc) is 3.08. The maximum atomic E-state index is 12.5. The molecule has 1 aromatic rings. The van der Waals surface area contributed by atoms with Crippen molar-refractivity contribution in [3.8, 4) is 0 Å². The maximum absolute atomic E-state index is 12.5. The molecule has 1 fully saturated rings. The average molecular weight is 471 g/mol. The van der Waals surface area contributed by atoms with Gasteiger partial charge in [-0.05, 0) is 41.8 Å². The van der Waals surface area contributed by atoms with Gasteiger partial charge in [-0.25, -0.2) is 26.8 Å². The molecule has 1 unspecified atom stereocenters. The van der Waals surface area contributed by atoms with Gasteiger partial charge in [0.25, 0.3) is 0 Å². The number of nitrogens with two attached hydrogens (primary N) is 1. The molecule has 1 heterocycles. The summed E-state index contributed by atoms with van der Waals surface area (Å²) in [5.41, 5.74) is 0. The highest BCUT2D eigenvalue weighted by molar-refractivity contribution is 8.72. The molecule has 28 heavy (non-hydrogen) atoms. The largest absolute Gasteiger partial charge is 0.480 e. The Hall–Kier alpha value is -1.34. The topological polar surface area (TPSA) is 152 Å². The highest BCUT2D eigenvalue weighted by Gasteiger charge is 2.36. The van der Waals surface area contributed by atoms with Crippen LogP contribution in [0.2, 0.25) is 5.02 Å². The summed E-state index contributed by atoms with van der Waals surface area (Å²) in [6, 6.07) is 2.23. The van der Waals surface area contributed by atoms with E-state index in [0.717, 1.165) is 18.2 Å². The highest BCUT2D eigenvalue weighted by Crippen LogP contribution is 2.31. The smallest absolute Gasteiger partial charge is 0.326 e. The predicted molar refractivity (Wildman–Crippen MR) is 104 cm³/mol.